The lowest BCUT2D eigenvalue weighted by Gasteiger charge is -2.37. The van der Waals surface area contributed by atoms with E-state index in [1.54, 1.807) is 6.08 Å². The minimum atomic E-state index is -1.64. The first-order valence-corrected chi connectivity index (χ1v) is 8.50. The Morgan fingerprint density at radius 2 is 2.13 bits per heavy atom. The molecule has 1 atom stereocenters. The fourth-order valence-corrected chi connectivity index (χ4v) is 3.50. The topological polar surface area (TPSA) is 50.1 Å². The number of carbonyl (C=O) groups is 1. The second-order valence-electron chi connectivity index (χ2n) is 5.20. The van der Waals surface area contributed by atoms with Gasteiger partial charge in [-0.1, -0.05) is 6.08 Å². The summed E-state index contributed by atoms with van der Waals surface area (Å²) in [5.74, 6) is -0.0931. The molecule has 0 saturated heterocycles. The summed E-state index contributed by atoms with van der Waals surface area (Å²) in [6.45, 7) is 8.26. The molecule has 0 N–H and O–H groups in total. The van der Waals surface area contributed by atoms with Crippen LogP contribution in [0.4, 0.5) is 0 Å². The van der Waals surface area contributed by atoms with Crippen LogP contribution >= 0.6 is 0 Å². The van der Waals surface area contributed by atoms with E-state index in [0.717, 1.165) is 0 Å². The molecule has 0 aromatic heterocycles. The molecule has 0 aromatic carbocycles. The van der Waals surface area contributed by atoms with Gasteiger partial charge in [0.2, 0.25) is 0 Å². The summed E-state index contributed by atoms with van der Waals surface area (Å²) < 4.78 is 5.99. The fourth-order valence-electron chi connectivity index (χ4n) is 1.86. The largest absolute Gasteiger partial charge is 0.412 e. The highest BCUT2D eigenvalue weighted by molar-refractivity contribution is 6.69. The lowest BCUT2D eigenvalue weighted by molar-refractivity contribution is -0.119. The van der Waals surface area contributed by atoms with Crippen molar-refractivity contribution in [2.24, 2.45) is 0 Å². The van der Waals surface area contributed by atoms with Crippen LogP contribution in [0.2, 0.25) is 19.6 Å². The Bertz CT molecular complexity index is 349. The second-order valence-corrected chi connectivity index (χ2v) is 9.63. The summed E-state index contributed by atoms with van der Waals surface area (Å²) >= 11 is 0. The molecule has 0 heterocycles. The zero-order valence-electron chi connectivity index (χ0n) is 9.76. The van der Waals surface area contributed by atoms with Gasteiger partial charge in [0.15, 0.2) is 14.1 Å². The van der Waals surface area contributed by atoms with E-state index in [-0.39, 0.29) is 11.4 Å². The lowest BCUT2D eigenvalue weighted by Crippen LogP contribution is -2.43. The van der Waals surface area contributed by atoms with Gasteiger partial charge in [-0.25, -0.2) is 0 Å². The monoisotopic (exact) mass is 223 g/mol. The molecule has 0 amide bonds. The third-order valence-electron chi connectivity index (χ3n) is 2.25. The molecule has 0 spiro atoms. The Labute approximate surface area is 91.9 Å². The molecule has 15 heavy (non-hydrogen) atoms. The zero-order valence-corrected chi connectivity index (χ0v) is 10.8. The summed E-state index contributed by atoms with van der Waals surface area (Å²) in [6.07, 6.45) is 2.69. The number of nitrogens with zero attached hydrogens (tertiary/aromatic N) is 1. The minimum absolute atomic E-state index is 0.0931. The smallest absolute Gasteiger partial charge is 0.184 e. The summed E-state index contributed by atoms with van der Waals surface area (Å²) in [5.41, 5.74) is -0.117. The molecule has 1 aliphatic carbocycles. The highest BCUT2D eigenvalue weighted by Crippen LogP contribution is 2.31. The van der Waals surface area contributed by atoms with Gasteiger partial charge in [0.25, 0.3) is 0 Å². The first kappa shape index (κ1) is 12.1. The molecule has 0 fully saturated rings. The first-order valence-electron chi connectivity index (χ1n) is 5.09. The van der Waals surface area contributed by atoms with E-state index >= 15 is 0 Å². The van der Waals surface area contributed by atoms with Crippen molar-refractivity contribution < 1.29 is 9.22 Å². The second kappa shape index (κ2) is 3.91. The van der Waals surface area contributed by atoms with E-state index in [2.05, 4.69) is 19.6 Å². The summed E-state index contributed by atoms with van der Waals surface area (Å²) in [7, 11) is -1.64. The van der Waals surface area contributed by atoms with Gasteiger partial charge in [-0.3, -0.25) is 4.79 Å². The Hall–Kier alpha value is -0.923. The average Bonchev–Trinajstić information content (AvgIpc) is 1.99. The van der Waals surface area contributed by atoms with Crippen LogP contribution in [0, 0.1) is 11.3 Å². The number of carbonyl (C=O) groups excluding carboxylic acids is 1. The van der Waals surface area contributed by atoms with Gasteiger partial charge in [0.1, 0.15) is 6.07 Å². The van der Waals surface area contributed by atoms with E-state index in [0.29, 0.717) is 12.8 Å². The van der Waals surface area contributed by atoms with Gasteiger partial charge < -0.3 is 4.43 Å². The Morgan fingerprint density at radius 3 is 2.53 bits per heavy atom. The molecule has 1 unspecified atom stereocenters. The predicted molar refractivity (Wildman–Crippen MR) is 60.8 cm³/mol. The normalized spacial score (nSPS) is 27.1. The van der Waals surface area contributed by atoms with Crippen molar-refractivity contribution >= 4 is 14.1 Å². The molecule has 3 nitrogen and oxygen atoms in total. The number of rotatable bonds is 2. The summed E-state index contributed by atoms with van der Waals surface area (Å²) in [4.78, 5) is 11.6. The number of allylic oxidation sites excluding steroid dienone is 1. The molecule has 0 aromatic rings. The SMILES string of the molecule is CC1(O[Si](C)(C)C)CC=C(C#N)C(=O)C1. The fraction of sp³-hybridized carbons (Fsp3) is 0.636. The van der Waals surface area contributed by atoms with Crippen LogP contribution in [0.1, 0.15) is 19.8 Å². The van der Waals surface area contributed by atoms with Crippen LogP contribution in [0.15, 0.2) is 11.6 Å². The van der Waals surface area contributed by atoms with Crippen LogP contribution in [-0.4, -0.2) is 19.7 Å². The molecule has 1 aliphatic rings. The molecule has 1 rings (SSSR count). The Balaban J connectivity index is 2.81. The van der Waals surface area contributed by atoms with E-state index in [4.69, 9.17) is 9.69 Å². The van der Waals surface area contributed by atoms with Crippen LogP contribution < -0.4 is 0 Å². The quantitative estimate of drug-likeness (QED) is 0.675. The minimum Gasteiger partial charge on any atom is -0.412 e. The zero-order chi connectivity index (χ0) is 11.7. The molecule has 0 radical (unpaired) electrons. The van der Waals surface area contributed by atoms with Crippen molar-refractivity contribution in [3.63, 3.8) is 0 Å². The molecular weight excluding hydrogens is 206 g/mol. The van der Waals surface area contributed by atoms with Crippen LogP contribution in [0.25, 0.3) is 0 Å². The average molecular weight is 223 g/mol. The van der Waals surface area contributed by atoms with Gasteiger partial charge in [-0.05, 0) is 33.0 Å². The summed E-state index contributed by atoms with van der Waals surface area (Å²) in [5, 5.41) is 8.69. The maximum absolute atomic E-state index is 11.6. The molecule has 0 saturated carbocycles. The van der Waals surface area contributed by atoms with Crippen molar-refractivity contribution in [3.8, 4) is 6.07 Å². The van der Waals surface area contributed by atoms with Gasteiger partial charge in [0, 0.05) is 6.42 Å². The maximum Gasteiger partial charge on any atom is 0.184 e. The van der Waals surface area contributed by atoms with Gasteiger partial charge in [-0.2, -0.15) is 5.26 Å². The van der Waals surface area contributed by atoms with Crippen molar-refractivity contribution in [2.75, 3.05) is 0 Å². The van der Waals surface area contributed by atoms with Crippen LogP contribution in [-0.2, 0) is 9.22 Å². The third kappa shape index (κ3) is 3.29. The van der Waals surface area contributed by atoms with Gasteiger partial charge >= 0.3 is 0 Å². The van der Waals surface area contributed by atoms with E-state index in [1.807, 2.05) is 13.0 Å². The highest BCUT2D eigenvalue weighted by Gasteiger charge is 2.36. The molecule has 82 valence electrons. The van der Waals surface area contributed by atoms with Crippen molar-refractivity contribution in [1.82, 2.24) is 0 Å². The van der Waals surface area contributed by atoms with Crippen LogP contribution in [0.5, 0.6) is 0 Å². The van der Waals surface area contributed by atoms with Crippen molar-refractivity contribution in [2.45, 2.75) is 45.0 Å². The van der Waals surface area contributed by atoms with Crippen molar-refractivity contribution in [1.29, 1.82) is 5.26 Å². The van der Waals surface area contributed by atoms with Crippen LogP contribution in [0.3, 0.4) is 0 Å². The Kier molecular flexibility index (Phi) is 3.17. The molecule has 4 heteroatoms. The highest BCUT2D eigenvalue weighted by atomic mass is 28.4. The summed E-state index contributed by atoms with van der Waals surface area (Å²) in [6, 6.07) is 1.92. The van der Waals surface area contributed by atoms with E-state index < -0.39 is 13.9 Å². The van der Waals surface area contributed by atoms with E-state index in [1.165, 1.54) is 0 Å². The third-order valence-corrected chi connectivity index (χ3v) is 3.35. The van der Waals surface area contributed by atoms with E-state index in [9.17, 15) is 4.79 Å². The van der Waals surface area contributed by atoms with Gasteiger partial charge in [0.05, 0.1) is 11.2 Å². The number of Topliss-reactive ketones (excluding diaryl/α,β-unsaturated/α-hetero) is 1. The lowest BCUT2D eigenvalue weighted by atomic mass is 9.87. The number of hydrogen-bond acceptors (Lipinski definition) is 3. The molecular formula is C11H17NO2Si. The number of ketones is 1. The van der Waals surface area contributed by atoms with Crippen molar-refractivity contribution in [3.05, 3.63) is 11.6 Å². The molecule has 0 bridgehead atoms. The van der Waals surface area contributed by atoms with Gasteiger partial charge in [-0.15, -0.1) is 0 Å². The first-order chi connectivity index (χ1) is 6.76. The number of hydrogen-bond donors (Lipinski definition) is 0. The predicted octanol–water partition coefficient (Wildman–Crippen LogP) is 2.41. The number of nitriles is 1. The maximum atomic E-state index is 11.6. The Morgan fingerprint density at radius 1 is 1.53 bits per heavy atom. The molecule has 0 aliphatic heterocycles. The standard InChI is InChI=1S/C11H17NO2Si/c1-11(14-15(2,3)4)6-5-9(8-12)10(13)7-11/h5H,6-7H2,1-4H3.